The number of halogens is 1. The van der Waals surface area contributed by atoms with Crippen molar-refractivity contribution in [3.05, 3.63) is 12.7 Å². The quantitative estimate of drug-likeness (QED) is 0.307. The smallest absolute Gasteiger partial charge is 0.191 e. The van der Waals surface area contributed by atoms with Gasteiger partial charge in [0.25, 0.3) is 0 Å². The van der Waals surface area contributed by atoms with Gasteiger partial charge < -0.3 is 15.2 Å². The molecule has 1 aromatic heterocycles. The van der Waals surface area contributed by atoms with Crippen LogP contribution >= 0.6 is 24.0 Å². The molecule has 0 amide bonds. The fraction of sp³-hybridized carbons (Fsp3) is 0.769. The number of nitrogens with zero attached hydrogens (tertiary/aromatic N) is 4. The number of hydrogen-bond acceptors (Lipinski definition) is 3. The molecule has 1 unspecified atom stereocenters. The zero-order chi connectivity index (χ0) is 13.9. The largest absolute Gasteiger partial charge is 0.357 e. The van der Waals surface area contributed by atoms with Crippen molar-refractivity contribution in [3.63, 3.8) is 0 Å². The van der Waals surface area contributed by atoms with Crippen molar-refractivity contribution >= 4 is 29.9 Å². The van der Waals surface area contributed by atoms with Crippen LogP contribution in [0, 0.1) is 0 Å². The van der Waals surface area contributed by atoms with Crippen LogP contribution in [0.2, 0.25) is 0 Å². The minimum atomic E-state index is 0. The second-order valence-electron chi connectivity index (χ2n) is 4.62. The van der Waals surface area contributed by atoms with Gasteiger partial charge in [-0.05, 0) is 33.1 Å². The fourth-order valence-corrected chi connectivity index (χ4v) is 1.59. The van der Waals surface area contributed by atoms with Crippen LogP contribution in [0.4, 0.5) is 0 Å². The number of nitrogens with one attached hydrogen (secondary N) is 2. The summed E-state index contributed by atoms with van der Waals surface area (Å²) in [6.45, 7) is 9.11. The minimum absolute atomic E-state index is 0. The van der Waals surface area contributed by atoms with Gasteiger partial charge in [-0.1, -0.05) is 6.92 Å². The standard InChI is InChI=1S/C13H26N6.HI/c1-4-12(3)18-13(14-5-2)15-8-6-7-9-19-10-16-17-11-19;/h10-12H,4-9H2,1-3H3,(H2,14,15,18);1H. The van der Waals surface area contributed by atoms with Gasteiger partial charge in [-0.2, -0.15) is 0 Å². The van der Waals surface area contributed by atoms with Crippen molar-refractivity contribution in [1.29, 1.82) is 0 Å². The van der Waals surface area contributed by atoms with Crippen LogP contribution in [0.15, 0.2) is 17.6 Å². The van der Waals surface area contributed by atoms with E-state index in [1.54, 1.807) is 12.7 Å². The van der Waals surface area contributed by atoms with Crippen LogP contribution in [0.3, 0.4) is 0 Å². The van der Waals surface area contributed by atoms with Crippen LogP contribution in [-0.2, 0) is 6.54 Å². The summed E-state index contributed by atoms with van der Waals surface area (Å²) in [4.78, 5) is 4.57. The Balaban J connectivity index is 0.00000361. The third-order valence-corrected chi connectivity index (χ3v) is 2.90. The second-order valence-corrected chi connectivity index (χ2v) is 4.62. The van der Waals surface area contributed by atoms with E-state index in [4.69, 9.17) is 0 Å². The molecule has 0 aliphatic heterocycles. The van der Waals surface area contributed by atoms with Gasteiger partial charge in [0.1, 0.15) is 12.7 Å². The summed E-state index contributed by atoms with van der Waals surface area (Å²) in [5.74, 6) is 0.918. The van der Waals surface area contributed by atoms with Gasteiger partial charge in [0, 0.05) is 25.7 Å². The average Bonchev–Trinajstić information content (AvgIpc) is 2.91. The van der Waals surface area contributed by atoms with Crippen molar-refractivity contribution in [1.82, 2.24) is 25.4 Å². The molecule has 7 heteroatoms. The van der Waals surface area contributed by atoms with Crippen LogP contribution in [0.25, 0.3) is 0 Å². The molecule has 20 heavy (non-hydrogen) atoms. The van der Waals surface area contributed by atoms with Crippen molar-refractivity contribution in [2.75, 3.05) is 13.1 Å². The van der Waals surface area contributed by atoms with Gasteiger partial charge >= 0.3 is 0 Å². The summed E-state index contributed by atoms with van der Waals surface area (Å²) < 4.78 is 1.99. The number of rotatable bonds is 8. The lowest BCUT2D eigenvalue weighted by molar-refractivity contribution is 0.603. The highest BCUT2D eigenvalue weighted by molar-refractivity contribution is 14.0. The minimum Gasteiger partial charge on any atom is -0.357 e. The van der Waals surface area contributed by atoms with E-state index in [9.17, 15) is 0 Å². The average molecular weight is 394 g/mol. The molecule has 1 atom stereocenters. The maximum atomic E-state index is 4.57. The number of aryl methyl sites for hydroxylation is 1. The summed E-state index contributed by atoms with van der Waals surface area (Å²) in [7, 11) is 0. The number of guanidine groups is 1. The first kappa shape index (κ1) is 19.1. The van der Waals surface area contributed by atoms with Gasteiger partial charge in [-0.3, -0.25) is 4.99 Å². The maximum Gasteiger partial charge on any atom is 0.191 e. The first-order valence-corrected chi connectivity index (χ1v) is 7.13. The van der Waals surface area contributed by atoms with Crippen molar-refractivity contribution in [2.45, 2.75) is 52.6 Å². The first-order chi connectivity index (χ1) is 9.26. The molecule has 0 bridgehead atoms. The molecular weight excluding hydrogens is 367 g/mol. The highest BCUT2D eigenvalue weighted by atomic mass is 127. The molecule has 1 aromatic rings. The van der Waals surface area contributed by atoms with Gasteiger partial charge in [-0.25, -0.2) is 0 Å². The zero-order valence-electron chi connectivity index (χ0n) is 12.7. The molecule has 0 saturated carbocycles. The van der Waals surface area contributed by atoms with Crippen molar-refractivity contribution < 1.29 is 0 Å². The number of hydrogen-bond donors (Lipinski definition) is 2. The van der Waals surface area contributed by atoms with Crippen molar-refractivity contribution in [2.24, 2.45) is 4.99 Å². The SMILES string of the molecule is CCNC(=NCCCCn1cnnc1)NC(C)CC.I. The summed E-state index contributed by atoms with van der Waals surface area (Å²) >= 11 is 0. The summed E-state index contributed by atoms with van der Waals surface area (Å²) in [5.41, 5.74) is 0. The third kappa shape index (κ3) is 8.34. The molecule has 0 aliphatic rings. The molecule has 2 N–H and O–H groups in total. The normalized spacial score (nSPS) is 12.7. The topological polar surface area (TPSA) is 67.1 Å². The molecule has 0 spiro atoms. The molecule has 1 heterocycles. The Morgan fingerprint density at radius 2 is 1.95 bits per heavy atom. The summed E-state index contributed by atoms with van der Waals surface area (Å²) in [6, 6.07) is 0.454. The predicted octanol–water partition coefficient (Wildman–Crippen LogP) is 2.03. The van der Waals surface area contributed by atoms with E-state index in [1.807, 2.05) is 4.57 Å². The lowest BCUT2D eigenvalue weighted by atomic mass is 10.3. The second kappa shape index (κ2) is 11.9. The van der Waals surface area contributed by atoms with E-state index >= 15 is 0 Å². The molecule has 116 valence electrons. The summed E-state index contributed by atoms with van der Waals surface area (Å²) in [5, 5.41) is 14.2. The Morgan fingerprint density at radius 3 is 2.55 bits per heavy atom. The van der Waals surface area contributed by atoms with Crippen LogP contribution in [-0.4, -0.2) is 39.9 Å². The predicted molar refractivity (Wildman–Crippen MR) is 93.5 cm³/mol. The van der Waals surface area contributed by atoms with Crippen molar-refractivity contribution in [3.8, 4) is 0 Å². The summed E-state index contributed by atoms with van der Waals surface area (Å²) in [6.07, 6.45) is 6.74. The van der Waals surface area contributed by atoms with E-state index < -0.39 is 0 Å². The van der Waals surface area contributed by atoms with E-state index in [-0.39, 0.29) is 24.0 Å². The Kier molecular flexibility index (Phi) is 11.4. The van der Waals surface area contributed by atoms with Crippen LogP contribution in [0.1, 0.15) is 40.0 Å². The molecule has 0 aromatic carbocycles. The van der Waals surface area contributed by atoms with Crippen LogP contribution in [0.5, 0.6) is 0 Å². The molecule has 6 nitrogen and oxygen atoms in total. The lowest BCUT2D eigenvalue weighted by Gasteiger charge is -2.16. The van der Waals surface area contributed by atoms with E-state index in [2.05, 4.69) is 46.6 Å². The van der Waals surface area contributed by atoms with Gasteiger partial charge in [-0.15, -0.1) is 34.2 Å². The zero-order valence-corrected chi connectivity index (χ0v) is 15.0. The maximum absolute atomic E-state index is 4.57. The number of aromatic nitrogens is 3. The molecule has 0 fully saturated rings. The molecule has 0 radical (unpaired) electrons. The van der Waals surface area contributed by atoms with E-state index in [1.165, 1.54) is 0 Å². The Hall–Kier alpha value is -0.860. The number of unbranched alkanes of at least 4 members (excludes halogenated alkanes) is 1. The molecule has 0 aliphatic carbocycles. The molecular formula is C13H27IN6. The van der Waals surface area contributed by atoms with E-state index in [0.717, 1.165) is 44.9 Å². The molecule has 1 rings (SSSR count). The molecule has 0 saturated heterocycles. The Morgan fingerprint density at radius 1 is 1.25 bits per heavy atom. The van der Waals surface area contributed by atoms with Gasteiger partial charge in [0.2, 0.25) is 0 Å². The first-order valence-electron chi connectivity index (χ1n) is 7.13. The van der Waals surface area contributed by atoms with Gasteiger partial charge in [0.05, 0.1) is 0 Å². The lowest BCUT2D eigenvalue weighted by Crippen LogP contribution is -2.42. The third-order valence-electron chi connectivity index (χ3n) is 2.90. The highest BCUT2D eigenvalue weighted by Crippen LogP contribution is 1.95. The van der Waals surface area contributed by atoms with Gasteiger partial charge in [0.15, 0.2) is 5.96 Å². The Bertz CT molecular complexity index is 352. The Labute approximate surface area is 138 Å². The monoisotopic (exact) mass is 394 g/mol. The van der Waals surface area contributed by atoms with Crippen LogP contribution < -0.4 is 10.6 Å². The fourth-order valence-electron chi connectivity index (χ4n) is 1.59. The number of aliphatic imine (C=N–C) groups is 1. The van der Waals surface area contributed by atoms with E-state index in [0.29, 0.717) is 6.04 Å². The highest BCUT2D eigenvalue weighted by Gasteiger charge is 2.01.